The Morgan fingerprint density at radius 2 is 1.61 bits per heavy atom. The molecule has 2 aromatic carbocycles. The van der Waals surface area contributed by atoms with Gasteiger partial charge in [-0.15, -0.1) is 0 Å². The van der Waals surface area contributed by atoms with Crippen molar-refractivity contribution in [2.45, 2.75) is 44.9 Å². The van der Waals surface area contributed by atoms with Gasteiger partial charge in [0.05, 0.1) is 11.5 Å². The SMILES string of the molecule is CCOc1ccc(C(=O)NCCc2ccc(S(=O)(=O)NC(=O)C3=CC=C(C(=O)O)N(CC(CC)CC)C3)cc2)cc1. The maximum Gasteiger partial charge on any atom is 0.352 e. The summed E-state index contributed by atoms with van der Waals surface area (Å²) in [5.41, 5.74) is 1.54. The predicted molar refractivity (Wildman–Crippen MR) is 155 cm³/mol. The third-order valence-electron chi connectivity index (χ3n) is 6.88. The van der Waals surface area contributed by atoms with E-state index >= 15 is 0 Å². The number of carboxylic acids is 1. The number of hydrogen-bond acceptors (Lipinski definition) is 7. The molecule has 41 heavy (non-hydrogen) atoms. The van der Waals surface area contributed by atoms with Crippen LogP contribution in [-0.2, 0) is 26.0 Å². The Bertz CT molecular complexity index is 1390. The minimum absolute atomic E-state index is 0.00267. The average molecular weight is 584 g/mol. The second kappa shape index (κ2) is 14.5. The number of benzene rings is 2. The fourth-order valence-electron chi connectivity index (χ4n) is 4.38. The van der Waals surface area contributed by atoms with Gasteiger partial charge in [-0.25, -0.2) is 17.9 Å². The van der Waals surface area contributed by atoms with Crippen molar-refractivity contribution >= 4 is 27.8 Å². The predicted octanol–water partition coefficient (Wildman–Crippen LogP) is 3.51. The first kappa shape index (κ1) is 31.4. The summed E-state index contributed by atoms with van der Waals surface area (Å²) in [4.78, 5) is 38.4. The zero-order chi connectivity index (χ0) is 30.0. The molecule has 0 bridgehead atoms. The molecule has 10 nitrogen and oxygen atoms in total. The summed E-state index contributed by atoms with van der Waals surface area (Å²) in [6, 6.07) is 12.9. The number of carbonyl (C=O) groups excluding carboxylic acids is 2. The molecule has 1 aliphatic rings. The van der Waals surface area contributed by atoms with E-state index in [0.717, 1.165) is 18.4 Å². The molecule has 0 spiro atoms. The number of aliphatic carboxylic acids is 1. The van der Waals surface area contributed by atoms with Crippen LogP contribution < -0.4 is 14.8 Å². The van der Waals surface area contributed by atoms with Gasteiger partial charge < -0.3 is 20.1 Å². The molecule has 0 aliphatic carbocycles. The van der Waals surface area contributed by atoms with Crippen molar-refractivity contribution in [1.82, 2.24) is 14.9 Å². The molecule has 0 radical (unpaired) electrons. The molecule has 0 saturated carbocycles. The molecule has 0 aromatic heterocycles. The lowest BCUT2D eigenvalue weighted by Crippen LogP contribution is -2.40. The van der Waals surface area contributed by atoms with Gasteiger partial charge in [0.15, 0.2) is 0 Å². The van der Waals surface area contributed by atoms with Gasteiger partial charge in [0, 0.05) is 30.8 Å². The van der Waals surface area contributed by atoms with Crippen molar-refractivity contribution in [2.75, 3.05) is 26.2 Å². The van der Waals surface area contributed by atoms with E-state index in [1.54, 1.807) is 41.3 Å². The Kier molecular flexibility index (Phi) is 11.1. The summed E-state index contributed by atoms with van der Waals surface area (Å²) in [6.07, 6.45) is 4.86. The number of nitrogens with zero attached hydrogens (tertiary/aromatic N) is 1. The van der Waals surface area contributed by atoms with Crippen LogP contribution in [0.5, 0.6) is 5.75 Å². The van der Waals surface area contributed by atoms with Crippen LogP contribution in [0.1, 0.15) is 49.5 Å². The van der Waals surface area contributed by atoms with Crippen molar-refractivity contribution in [3.05, 3.63) is 83.1 Å². The maximum atomic E-state index is 12.9. The summed E-state index contributed by atoms with van der Waals surface area (Å²) in [7, 11) is -4.16. The van der Waals surface area contributed by atoms with Crippen LogP contribution in [0.2, 0.25) is 0 Å². The van der Waals surface area contributed by atoms with Gasteiger partial charge in [0.25, 0.3) is 21.8 Å². The zero-order valence-electron chi connectivity index (χ0n) is 23.6. The fourth-order valence-corrected chi connectivity index (χ4v) is 5.36. The van der Waals surface area contributed by atoms with Crippen molar-refractivity contribution < 1.29 is 32.6 Å². The molecular weight excluding hydrogens is 546 g/mol. The van der Waals surface area contributed by atoms with E-state index < -0.39 is 21.9 Å². The number of carbonyl (C=O) groups is 3. The summed E-state index contributed by atoms with van der Waals surface area (Å²) in [5, 5.41) is 12.4. The Hall–Kier alpha value is -4.12. The van der Waals surface area contributed by atoms with Gasteiger partial charge >= 0.3 is 5.97 Å². The number of carboxylic acid groups (broad SMARTS) is 1. The minimum Gasteiger partial charge on any atom is -0.494 e. The Morgan fingerprint density at radius 1 is 0.951 bits per heavy atom. The van der Waals surface area contributed by atoms with Crippen molar-refractivity contribution in [2.24, 2.45) is 5.92 Å². The van der Waals surface area contributed by atoms with Gasteiger partial charge in [-0.05, 0) is 73.4 Å². The number of allylic oxidation sites excluding steroid dienone is 2. The molecule has 0 unspecified atom stereocenters. The van der Waals surface area contributed by atoms with Gasteiger partial charge in [-0.1, -0.05) is 38.8 Å². The Morgan fingerprint density at radius 3 is 2.20 bits per heavy atom. The van der Waals surface area contributed by atoms with Crippen LogP contribution >= 0.6 is 0 Å². The van der Waals surface area contributed by atoms with Crippen LogP contribution in [0.3, 0.4) is 0 Å². The van der Waals surface area contributed by atoms with E-state index in [9.17, 15) is 27.9 Å². The normalized spacial score (nSPS) is 13.3. The molecular formula is C30H37N3O7S. The van der Waals surface area contributed by atoms with Crippen LogP contribution in [0.25, 0.3) is 0 Å². The second-order valence-electron chi connectivity index (χ2n) is 9.65. The maximum absolute atomic E-state index is 12.9. The smallest absolute Gasteiger partial charge is 0.352 e. The molecule has 0 atom stereocenters. The number of nitrogens with one attached hydrogen (secondary N) is 2. The largest absolute Gasteiger partial charge is 0.494 e. The minimum atomic E-state index is -4.16. The van der Waals surface area contributed by atoms with Crippen LogP contribution in [0, 0.1) is 5.92 Å². The highest BCUT2D eigenvalue weighted by Gasteiger charge is 2.27. The van der Waals surface area contributed by atoms with Gasteiger partial charge in [0.2, 0.25) is 0 Å². The molecule has 2 amide bonds. The molecule has 0 fully saturated rings. The quantitative estimate of drug-likeness (QED) is 0.307. The number of sulfonamides is 1. The third-order valence-corrected chi connectivity index (χ3v) is 8.22. The molecule has 3 rings (SSSR count). The van der Waals surface area contributed by atoms with E-state index in [1.807, 2.05) is 20.8 Å². The lowest BCUT2D eigenvalue weighted by molar-refractivity contribution is -0.134. The summed E-state index contributed by atoms with van der Waals surface area (Å²) >= 11 is 0. The topological polar surface area (TPSA) is 142 Å². The van der Waals surface area contributed by atoms with Gasteiger partial charge in [-0.3, -0.25) is 9.59 Å². The van der Waals surface area contributed by atoms with Crippen molar-refractivity contribution in [3.8, 4) is 5.75 Å². The highest BCUT2D eigenvalue weighted by atomic mass is 32.2. The van der Waals surface area contributed by atoms with E-state index in [2.05, 4.69) is 10.0 Å². The molecule has 220 valence electrons. The molecule has 11 heteroatoms. The fraction of sp³-hybridized carbons (Fsp3) is 0.367. The van der Waals surface area contributed by atoms with Crippen LogP contribution in [0.4, 0.5) is 0 Å². The van der Waals surface area contributed by atoms with E-state index in [0.29, 0.717) is 37.4 Å². The summed E-state index contributed by atoms with van der Waals surface area (Å²) in [5.74, 6) is -1.20. The summed E-state index contributed by atoms with van der Waals surface area (Å²) < 4.78 is 33.3. The molecule has 1 heterocycles. The lowest BCUT2D eigenvalue weighted by Gasteiger charge is -2.31. The standard InChI is InChI=1S/C30H37N3O7S/c1-4-21(5-2)19-33-20-24(11-16-27(33)30(36)37)29(35)32-41(38,39)26-14-7-22(8-15-26)17-18-31-28(34)23-9-12-25(13-10-23)40-6-3/h7-16,21H,4-6,17-20H2,1-3H3,(H,31,34)(H,32,35)(H,36,37). The number of hydrogen-bond donors (Lipinski definition) is 3. The molecule has 1 aliphatic heterocycles. The second-order valence-corrected chi connectivity index (χ2v) is 11.3. The highest BCUT2D eigenvalue weighted by molar-refractivity contribution is 7.90. The highest BCUT2D eigenvalue weighted by Crippen LogP contribution is 2.21. The average Bonchev–Trinajstić information content (AvgIpc) is 2.96. The Labute approximate surface area is 241 Å². The molecule has 0 saturated heterocycles. The number of rotatable bonds is 14. The first-order valence-corrected chi connectivity index (χ1v) is 15.1. The van der Waals surface area contributed by atoms with Crippen LogP contribution in [0.15, 0.2) is 76.8 Å². The third kappa shape index (κ3) is 8.68. The first-order valence-electron chi connectivity index (χ1n) is 13.6. The first-order chi connectivity index (χ1) is 19.6. The molecule has 3 N–H and O–H groups in total. The Balaban J connectivity index is 1.57. The molecule has 2 aromatic rings. The van der Waals surface area contributed by atoms with Crippen LogP contribution in [-0.4, -0.2) is 62.4 Å². The van der Waals surface area contributed by atoms with E-state index in [-0.39, 0.29) is 34.5 Å². The van der Waals surface area contributed by atoms with Gasteiger partial charge in [0.1, 0.15) is 11.4 Å². The van der Waals surface area contributed by atoms with Crippen molar-refractivity contribution in [1.29, 1.82) is 0 Å². The monoisotopic (exact) mass is 583 g/mol. The van der Waals surface area contributed by atoms with Crippen molar-refractivity contribution in [3.63, 3.8) is 0 Å². The number of amides is 2. The van der Waals surface area contributed by atoms with E-state index in [4.69, 9.17) is 4.74 Å². The van der Waals surface area contributed by atoms with E-state index in [1.165, 1.54) is 24.3 Å². The number of ether oxygens (including phenoxy) is 1. The summed E-state index contributed by atoms with van der Waals surface area (Å²) in [6.45, 7) is 7.25. The lowest BCUT2D eigenvalue weighted by atomic mass is 10.0. The van der Waals surface area contributed by atoms with Gasteiger partial charge in [-0.2, -0.15) is 0 Å². The zero-order valence-corrected chi connectivity index (χ0v) is 24.4.